The third-order valence-corrected chi connectivity index (χ3v) is 5.76. The lowest BCUT2D eigenvalue weighted by Gasteiger charge is -2.38. The van der Waals surface area contributed by atoms with Gasteiger partial charge in [-0.15, -0.1) is 10.2 Å². The van der Waals surface area contributed by atoms with Gasteiger partial charge < -0.3 is 10.2 Å². The second-order valence-electron chi connectivity index (χ2n) is 8.39. The fourth-order valence-electron chi connectivity index (χ4n) is 3.99. The van der Waals surface area contributed by atoms with Crippen LogP contribution in [-0.2, 0) is 6.18 Å². The van der Waals surface area contributed by atoms with Gasteiger partial charge >= 0.3 is 6.18 Å². The zero-order valence-corrected chi connectivity index (χ0v) is 18.8. The molecule has 1 unspecified atom stereocenters. The van der Waals surface area contributed by atoms with E-state index < -0.39 is 11.9 Å². The molecule has 3 aromatic rings. The van der Waals surface area contributed by atoms with Gasteiger partial charge in [-0.25, -0.2) is 15.0 Å². The monoisotopic (exact) mass is 471 g/mol. The van der Waals surface area contributed by atoms with Gasteiger partial charge in [0.1, 0.15) is 11.5 Å². The van der Waals surface area contributed by atoms with E-state index in [9.17, 15) is 18.0 Å². The quantitative estimate of drug-likeness (QED) is 0.601. The fourth-order valence-corrected chi connectivity index (χ4v) is 3.99. The van der Waals surface area contributed by atoms with Crippen LogP contribution < -0.4 is 5.32 Å². The zero-order valence-electron chi connectivity index (χ0n) is 18.8. The normalized spacial score (nSPS) is 18.6. The number of halogens is 3. The summed E-state index contributed by atoms with van der Waals surface area (Å²) < 4.78 is 38.2. The predicted molar refractivity (Wildman–Crippen MR) is 119 cm³/mol. The Labute approximate surface area is 194 Å². The van der Waals surface area contributed by atoms with E-state index in [1.165, 1.54) is 6.07 Å². The van der Waals surface area contributed by atoms with Crippen LogP contribution in [0, 0.1) is 12.8 Å². The van der Waals surface area contributed by atoms with Gasteiger partial charge in [0.05, 0.1) is 5.56 Å². The third-order valence-electron chi connectivity index (χ3n) is 5.76. The molecule has 0 bridgehead atoms. The van der Waals surface area contributed by atoms with E-state index in [4.69, 9.17) is 0 Å². The van der Waals surface area contributed by atoms with Crippen LogP contribution >= 0.6 is 0 Å². The summed E-state index contributed by atoms with van der Waals surface area (Å²) in [5.74, 6) is 0.782. The van der Waals surface area contributed by atoms with Crippen molar-refractivity contribution in [3.05, 3.63) is 59.8 Å². The lowest BCUT2D eigenvalue weighted by molar-refractivity contribution is -0.141. The molecule has 11 heteroatoms. The average Bonchev–Trinajstić information content (AvgIpc) is 2.82. The maximum Gasteiger partial charge on any atom is 0.435 e. The molecular formula is C23H24F3N7O. The number of carbonyl (C=O) groups excluding carboxylic acids is 1. The van der Waals surface area contributed by atoms with E-state index in [1.54, 1.807) is 29.4 Å². The van der Waals surface area contributed by atoms with Crippen LogP contribution in [0.3, 0.4) is 0 Å². The van der Waals surface area contributed by atoms with Crippen molar-refractivity contribution in [2.45, 2.75) is 38.9 Å². The Balaban J connectivity index is 1.56. The summed E-state index contributed by atoms with van der Waals surface area (Å²) in [5.41, 5.74) is 0.473. The first-order valence-electron chi connectivity index (χ1n) is 10.9. The maximum atomic E-state index is 13.7. The van der Waals surface area contributed by atoms with Crippen molar-refractivity contribution in [1.82, 2.24) is 30.0 Å². The van der Waals surface area contributed by atoms with Crippen LogP contribution in [0.2, 0.25) is 0 Å². The van der Waals surface area contributed by atoms with E-state index in [1.807, 2.05) is 13.0 Å². The SMILES string of the molecule is Cc1ccc(-c2ncccn2)c(C(=O)N2CC[C@H](C)CC2CNc2ccc(C(F)(F)F)nn2)n1. The van der Waals surface area contributed by atoms with Crippen molar-refractivity contribution in [2.75, 3.05) is 18.4 Å². The van der Waals surface area contributed by atoms with Gasteiger partial charge in [-0.2, -0.15) is 13.2 Å². The minimum atomic E-state index is -4.55. The number of aryl methyl sites for hydroxylation is 1. The lowest BCUT2D eigenvalue weighted by Crippen LogP contribution is -2.49. The molecule has 3 aromatic heterocycles. The Hall–Kier alpha value is -3.63. The summed E-state index contributed by atoms with van der Waals surface area (Å²) in [5, 5.41) is 9.90. The van der Waals surface area contributed by atoms with Gasteiger partial charge in [-0.05, 0) is 56.0 Å². The van der Waals surface area contributed by atoms with Gasteiger partial charge in [-0.1, -0.05) is 6.92 Å². The molecule has 1 amide bonds. The Morgan fingerprint density at radius 3 is 2.59 bits per heavy atom. The van der Waals surface area contributed by atoms with Gasteiger partial charge in [0.25, 0.3) is 5.91 Å². The Kier molecular flexibility index (Phi) is 6.71. The zero-order chi connectivity index (χ0) is 24.3. The van der Waals surface area contributed by atoms with Crippen LogP contribution in [0.5, 0.6) is 0 Å². The highest BCUT2D eigenvalue weighted by molar-refractivity contribution is 5.98. The number of aromatic nitrogens is 5. The first-order valence-corrected chi connectivity index (χ1v) is 10.9. The molecule has 1 N–H and O–H groups in total. The number of pyridine rings is 1. The van der Waals surface area contributed by atoms with Crippen LogP contribution in [0.1, 0.15) is 41.6 Å². The predicted octanol–water partition coefficient (Wildman–Crippen LogP) is 4.01. The van der Waals surface area contributed by atoms with Crippen molar-refractivity contribution in [1.29, 1.82) is 0 Å². The largest absolute Gasteiger partial charge is 0.435 e. The Morgan fingerprint density at radius 2 is 1.91 bits per heavy atom. The topological polar surface area (TPSA) is 96.8 Å². The molecule has 0 radical (unpaired) electrons. The number of amides is 1. The molecule has 2 atom stereocenters. The first kappa shape index (κ1) is 23.5. The number of hydrogen-bond donors (Lipinski definition) is 1. The van der Waals surface area contributed by atoms with Crippen molar-refractivity contribution < 1.29 is 18.0 Å². The van der Waals surface area contributed by atoms with E-state index in [2.05, 4.69) is 37.4 Å². The van der Waals surface area contributed by atoms with Crippen LogP contribution in [-0.4, -0.2) is 55.1 Å². The van der Waals surface area contributed by atoms with Crippen LogP contribution in [0.25, 0.3) is 11.4 Å². The first-order chi connectivity index (χ1) is 16.2. The number of carbonyl (C=O) groups is 1. The molecule has 8 nitrogen and oxygen atoms in total. The summed E-state index contributed by atoms with van der Waals surface area (Å²) in [7, 11) is 0. The molecule has 4 rings (SSSR count). The molecule has 0 aromatic carbocycles. The fraction of sp³-hybridized carbons (Fsp3) is 0.391. The van der Waals surface area contributed by atoms with E-state index in [-0.39, 0.29) is 23.5 Å². The van der Waals surface area contributed by atoms with E-state index in [0.717, 1.165) is 18.9 Å². The Bertz CT molecular complexity index is 1140. The summed E-state index contributed by atoms with van der Waals surface area (Å²) in [6.07, 6.45) is 0.239. The molecular weight excluding hydrogens is 447 g/mol. The summed E-state index contributed by atoms with van der Waals surface area (Å²) in [6, 6.07) is 7.22. The Morgan fingerprint density at radius 1 is 1.15 bits per heavy atom. The number of anilines is 1. The number of nitrogens with one attached hydrogen (secondary N) is 1. The summed E-state index contributed by atoms with van der Waals surface area (Å²) in [6.45, 7) is 4.78. The number of likely N-dealkylation sites (tertiary alicyclic amines) is 1. The highest BCUT2D eigenvalue weighted by Crippen LogP contribution is 2.29. The number of nitrogens with zero attached hydrogens (tertiary/aromatic N) is 6. The minimum absolute atomic E-state index is 0.202. The smallest absolute Gasteiger partial charge is 0.367 e. The van der Waals surface area contributed by atoms with Gasteiger partial charge in [0.15, 0.2) is 11.5 Å². The van der Waals surface area contributed by atoms with Crippen molar-refractivity contribution in [2.24, 2.45) is 5.92 Å². The van der Waals surface area contributed by atoms with Gasteiger partial charge in [-0.3, -0.25) is 4.79 Å². The molecule has 1 aliphatic rings. The molecule has 0 saturated carbocycles. The standard InChI is InChI=1S/C23H24F3N7O/c1-14-8-11-33(16(12-14)13-29-19-7-6-18(31-32-19)23(24,25)26)22(34)20-17(5-4-15(2)30-20)21-27-9-3-10-28-21/h3-7,9-10,14,16H,8,11-13H2,1-2H3,(H,29,32)/t14-,16?/m0/s1. The second kappa shape index (κ2) is 9.70. The summed E-state index contributed by atoms with van der Waals surface area (Å²) >= 11 is 0. The molecule has 178 valence electrons. The van der Waals surface area contributed by atoms with Crippen LogP contribution in [0.4, 0.5) is 19.0 Å². The minimum Gasteiger partial charge on any atom is -0.367 e. The van der Waals surface area contributed by atoms with Crippen LogP contribution in [0.15, 0.2) is 42.7 Å². The molecule has 4 heterocycles. The third kappa shape index (κ3) is 5.29. The van der Waals surface area contributed by atoms with Gasteiger partial charge in [0.2, 0.25) is 0 Å². The van der Waals surface area contributed by atoms with Crippen molar-refractivity contribution >= 4 is 11.7 Å². The molecule has 1 saturated heterocycles. The van der Waals surface area contributed by atoms with Crippen molar-refractivity contribution in [3.8, 4) is 11.4 Å². The summed E-state index contributed by atoms with van der Waals surface area (Å²) in [4.78, 5) is 28.5. The molecule has 0 aliphatic carbocycles. The molecule has 1 fully saturated rings. The average molecular weight is 471 g/mol. The number of rotatable bonds is 5. The second-order valence-corrected chi connectivity index (χ2v) is 8.39. The maximum absolute atomic E-state index is 13.7. The highest BCUT2D eigenvalue weighted by Gasteiger charge is 2.34. The number of alkyl halides is 3. The van der Waals surface area contributed by atoms with E-state index in [0.29, 0.717) is 36.1 Å². The molecule has 34 heavy (non-hydrogen) atoms. The van der Waals surface area contributed by atoms with Crippen molar-refractivity contribution in [3.63, 3.8) is 0 Å². The number of piperidine rings is 1. The van der Waals surface area contributed by atoms with Gasteiger partial charge in [0, 0.05) is 37.2 Å². The molecule has 0 spiro atoms. The highest BCUT2D eigenvalue weighted by atomic mass is 19.4. The lowest BCUT2D eigenvalue weighted by atomic mass is 9.91. The molecule has 1 aliphatic heterocycles. The number of hydrogen-bond acceptors (Lipinski definition) is 7. The van der Waals surface area contributed by atoms with E-state index >= 15 is 0 Å².